The monoisotopic (exact) mass is 419 g/mol. The third-order valence-corrected chi connectivity index (χ3v) is 10.4. The molecular formula is C25H21ClPS+. The van der Waals surface area contributed by atoms with Crippen molar-refractivity contribution >= 4 is 46.5 Å². The second-order valence-electron chi connectivity index (χ2n) is 6.70. The van der Waals surface area contributed by atoms with Gasteiger partial charge in [-0.2, -0.15) is 0 Å². The van der Waals surface area contributed by atoms with Crippen molar-refractivity contribution in [2.45, 2.75) is 9.79 Å². The molecule has 4 rings (SSSR count). The van der Waals surface area contributed by atoms with Crippen LogP contribution in [0.25, 0.3) is 0 Å². The van der Waals surface area contributed by atoms with Crippen LogP contribution in [0.3, 0.4) is 0 Å². The molecule has 0 fully saturated rings. The highest BCUT2D eigenvalue weighted by Gasteiger charge is 2.41. The van der Waals surface area contributed by atoms with Crippen molar-refractivity contribution in [1.82, 2.24) is 0 Å². The van der Waals surface area contributed by atoms with Gasteiger partial charge in [0.05, 0.1) is 11.6 Å². The van der Waals surface area contributed by atoms with Crippen molar-refractivity contribution in [2.75, 3.05) is 6.66 Å². The van der Waals surface area contributed by atoms with Crippen LogP contribution in [0.2, 0.25) is 5.02 Å². The molecule has 0 radical (unpaired) electrons. The molecule has 138 valence electrons. The minimum absolute atomic E-state index is 0.767. The zero-order chi connectivity index (χ0) is 19.4. The molecule has 0 bridgehead atoms. The highest BCUT2D eigenvalue weighted by Crippen LogP contribution is 2.53. The molecule has 4 aromatic rings. The van der Waals surface area contributed by atoms with Crippen LogP contribution in [-0.2, 0) is 0 Å². The van der Waals surface area contributed by atoms with Gasteiger partial charge in [0.15, 0.2) is 0 Å². The van der Waals surface area contributed by atoms with E-state index < -0.39 is 7.26 Å². The van der Waals surface area contributed by atoms with E-state index in [1.165, 1.54) is 25.7 Å². The lowest BCUT2D eigenvalue weighted by molar-refractivity contribution is 1.43. The molecule has 0 heterocycles. The lowest BCUT2D eigenvalue weighted by Crippen LogP contribution is -2.31. The van der Waals surface area contributed by atoms with Gasteiger partial charge in [0.1, 0.15) is 23.2 Å². The lowest BCUT2D eigenvalue weighted by Gasteiger charge is -2.25. The quantitative estimate of drug-likeness (QED) is 0.336. The predicted molar refractivity (Wildman–Crippen MR) is 127 cm³/mol. The summed E-state index contributed by atoms with van der Waals surface area (Å²) in [7, 11) is -1.76. The van der Waals surface area contributed by atoms with Crippen molar-refractivity contribution in [3.63, 3.8) is 0 Å². The summed E-state index contributed by atoms with van der Waals surface area (Å²) in [5, 5.41) is 4.96. The van der Waals surface area contributed by atoms with Crippen molar-refractivity contribution < 1.29 is 0 Å². The van der Waals surface area contributed by atoms with E-state index in [1.807, 2.05) is 23.9 Å². The Hall–Kier alpha value is -2.05. The van der Waals surface area contributed by atoms with E-state index in [2.05, 4.69) is 104 Å². The van der Waals surface area contributed by atoms with E-state index in [-0.39, 0.29) is 0 Å². The Morgan fingerprint density at radius 3 is 1.68 bits per heavy atom. The Morgan fingerprint density at radius 1 is 0.607 bits per heavy atom. The van der Waals surface area contributed by atoms with E-state index in [0.29, 0.717) is 0 Å². The number of rotatable bonds is 5. The fourth-order valence-corrected chi connectivity index (χ4v) is 8.37. The minimum atomic E-state index is -1.76. The van der Waals surface area contributed by atoms with Crippen LogP contribution in [0, 0.1) is 0 Å². The maximum absolute atomic E-state index is 6.07. The van der Waals surface area contributed by atoms with Crippen molar-refractivity contribution in [3.8, 4) is 0 Å². The molecule has 0 unspecified atom stereocenters. The van der Waals surface area contributed by atoms with E-state index >= 15 is 0 Å². The zero-order valence-corrected chi connectivity index (χ0v) is 18.1. The van der Waals surface area contributed by atoms with Gasteiger partial charge in [-0.1, -0.05) is 71.9 Å². The first-order valence-electron chi connectivity index (χ1n) is 9.19. The van der Waals surface area contributed by atoms with Gasteiger partial charge in [-0.15, -0.1) is 0 Å². The first kappa shape index (κ1) is 19.3. The molecule has 0 aromatic heterocycles. The molecule has 0 N–H and O–H groups in total. The molecule has 0 amide bonds. The van der Waals surface area contributed by atoms with E-state index in [1.54, 1.807) is 0 Å². The molecule has 0 spiro atoms. The summed E-state index contributed by atoms with van der Waals surface area (Å²) in [5.74, 6) is 0. The first-order chi connectivity index (χ1) is 13.7. The van der Waals surface area contributed by atoms with Gasteiger partial charge in [-0.05, 0) is 60.7 Å². The standard InChI is InChI=1S/C25H21ClPS/c1-27(21-10-4-2-5-11-21,22-12-6-3-7-13-22)24-14-8-9-15-25(24)28-23-18-16-20(26)17-19-23/h2-19H,1H3/q+1. The summed E-state index contributed by atoms with van der Waals surface area (Å²) >= 11 is 7.88. The molecule has 0 aliphatic rings. The Balaban J connectivity index is 1.87. The van der Waals surface area contributed by atoms with Gasteiger partial charge in [0, 0.05) is 9.92 Å². The van der Waals surface area contributed by atoms with Crippen LogP contribution in [0.1, 0.15) is 0 Å². The third kappa shape index (κ3) is 3.89. The summed E-state index contributed by atoms with van der Waals surface area (Å²) in [6.07, 6.45) is 0. The molecule has 0 aliphatic carbocycles. The van der Waals surface area contributed by atoms with Gasteiger partial charge in [0.25, 0.3) is 0 Å². The second-order valence-corrected chi connectivity index (χ2v) is 11.8. The normalized spacial score (nSPS) is 11.4. The molecule has 4 aromatic carbocycles. The van der Waals surface area contributed by atoms with Crippen LogP contribution in [0.5, 0.6) is 0 Å². The van der Waals surface area contributed by atoms with Crippen molar-refractivity contribution in [1.29, 1.82) is 0 Å². The molecule has 0 saturated carbocycles. The SMILES string of the molecule is C[P+](c1ccccc1)(c1ccccc1)c1ccccc1Sc1ccc(Cl)cc1. The average molecular weight is 420 g/mol. The number of benzene rings is 4. The zero-order valence-electron chi connectivity index (χ0n) is 15.6. The smallest absolute Gasteiger partial charge is 0.0859 e. The summed E-state index contributed by atoms with van der Waals surface area (Å²) in [6, 6.07) is 38.7. The number of halogens is 1. The lowest BCUT2D eigenvalue weighted by atomic mass is 10.3. The van der Waals surface area contributed by atoms with Gasteiger partial charge < -0.3 is 0 Å². The highest BCUT2D eigenvalue weighted by molar-refractivity contribution is 8.01. The average Bonchev–Trinajstić information content (AvgIpc) is 2.76. The summed E-state index contributed by atoms with van der Waals surface area (Å²) in [5.41, 5.74) is 0. The van der Waals surface area contributed by atoms with Crippen LogP contribution in [0.4, 0.5) is 0 Å². The van der Waals surface area contributed by atoms with Gasteiger partial charge >= 0.3 is 0 Å². The van der Waals surface area contributed by atoms with Crippen LogP contribution in [-0.4, -0.2) is 6.66 Å². The summed E-state index contributed by atoms with van der Waals surface area (Å²) < 4.78 is 0. The van der Waals surface area contributed by atoms with Gasteiger partial charge in [0.2, 0.25) is 0 Å². The Bertz CT molecular complexity index is 1010. The molecular weight excluding hydrogens is 399 g/mol. The van der Waals surface area contributed by atoms with Crippen molar-refractivity contribution in [3.05, 3.63) is 114 Å². The molecule has 28 heavy (non-hydrogen) atoms. The minimum Gasteiger partial charge on any atom is -0.0859 e. The number of hydrogen-bond donors (Lipinski definition) is 0. The second kappa shape index (κ2) is 8.53. The molecule has 0 atom stereocenters. The van der Waals surface area contributed by atoms with Crippen LogP contribution in [0.15, 0.2) is 119 Å². The van der Waals surface area contributed by atoms with E-state index in [4.69, 9.17) is 11.6 Å². The largest absolute Gasteiger partial charge is 0.118 e. The molecule has 0 aliphatic heterocycles. The predicted octanol–water partition coefficient (Wildman–Crippen LogP) is 6.41. The van der Waals surface area contributed by atoms with Crippen molar-refractivity contribution in [2.24, 2.45) is 0 Å². The van der Waals surface area contributed by atoms with E-state index in [9.17, 15) is 0 Å². The summed E-state index contributed by atoms with van der Waals surface area (Å²) in [4.78, 5) is 2.50. The van der Waals surface area contributed by atoms with E-state index in [0.717, 1.165) is 5.02 Å². The number of hydrogen-bond acceptors (Lipinski definition) is 1. The maximum atomic E-state index is 6.07. The fraction of sp³-hybridized carbons (Fsp3) is 0.0400. The first-order valence-corrected chi connectivity index (χ1v) is 12.6. The fourth-order valence-electron chi connectivity index (χ4n) is 3.42. The summed E-state index contributed by atoms with van der Waals surface area (Å²) in [6.45, 7) is 2.43. The highest BCUT2D eigenvalue weighted by atomic mass is 35.5. The third-order valence-electron chi connectivity index (χ3n) is 4.93. The van der Waals surface area contributed by atoms with Gasteiger partial charge in [-0.3, -0.25) is 0 Å². The molecule has 3 heteroatoms. The topological polar surface area (TPSA) is 0 Å². The van der Waals surface area contributed by atoms with Crippen LogP contribution < -0.4 is 15.9 Å². The van der Waals surface area contributed by atoms with Crippen LogP contribution >= 0.6 is 30.6 Å². The Kier molecular flexibility index (Phi) is 5.87. The molecule has 0 saturated heterocycles. The maximum Gasteiger partial charge on any atom is 0.118 e. The molecule has 0 nitrogen and oxygen atoms in total. The van der Waals surface area contributed by atoms with Gasteiger partial charge in [-0.25, -0.2) is 0 Å². The Morgan fingerprint density at radius 2 is 1.11 bits per heavy atom. The Labute approximate surface area is 176 Å².